The van der Waals surface area contributed by atoms with Crippen LogP contribution in [0.5, 0.6) is 0 Å². The Bertz CT molecular complexity index is 1160. The van der Waals surface area contributed by atoms with Gasteiger partial charge in [-0.05, 0) is 20.3 Å². The maximum absolute atomic E-state index is 13.1. The van der Waals surface area contributed by atoms with Crippen molar-refractivity contribution in [2.75, 3.05) is 13.2 Å². The van der Waals surface area contributed by atoms with Gasteiger partial charge in [0.2, 0.25) is 29.5 Å². The second kappa shape index (κ2) is 18.3. The molecule has 2 fully saturated rings. The number of aliphatic hydroxyl groups excluding tert-OH is 5. The smallest absolute Gasteiger partial charge is 0.303 e. The number of ether oxygens (including phenoxy) is 4. The molecule has 0 aromatic rings. The zero-order valence-electron chi connectivity index (χ0n) is 26.7. The molecule has 274 valence electrons. The van der Waals surface area contributed by atoms with Crippen molar-refractivity contribution in [3.8, 4) is 0 Å². The van der Waals surface area contributed by atoms with Crippen molar-refractivity contribution in [3.05, 3.63) is 0 Å². The van der Waals surface area contributed by atoms with E-state index in [2.05, 4.69) is 21.3 Å². The molecular weight excluding hydrogens is 650 g/mol. The molecule has 12 N–H and O–H groups in total. The maximum atomic E-state index is 13.1. The van der Waals surface area contributed by atoms with E-state index in [-0.39, 0.29) is 6.42 Å². The summed E-state index contributed by atoms with van der Waals surface area (Å²) in [5.74, 6) is -5.40. The van der Waals surface area contributed by atoms with Crippen LogP contribution in [0.15, 0.2) is 0 Å². The van der Waals surface area contributed by atoms with Gasteiger partial charge in [-0.2, -0.15) is 0 Å². The molecule has 13 atom stereocenters. The van der Waals surface area contributed by atoms with Crippen molar-refractivity contribution in [2.45, 2.75) is 120 Å². The lowest BCUT2D eigenvalue weighted by Crippen LogP contribution is -2.70. The number of carboxylic acid groups (broad SMARTS) is 1. The average molecular weight is 696 g/mol. The van der Waals surface area contributed by atoms with Crippen molar-refractivity contribution < 1.29 is 78.4 Å². The lowest BCUT2D eigenvalue weighted by atomic mass is 9.94. The molecular formula is C27H45N5O16. The van der Waals surface area contributed by atoms with Gasteiger partial charge in [0.15, 0.2) is 12.6 Å². The first-order chi connectivity index (χ1) is 22.4. The topological polar surface area (TPSA) is 335 Å². The Hall–Kier alpha value is -3.54. The van der Waals surface area contributed by atoms with Crippen molar-refractivity contribution in [1.82, 2.24) is 21.3 Å². The molecule has 21 heteroatoms. The Morgan fingerprint density at radius 3 is 1.92 bits per heavy atom. The van der Waals surface area contributed by atoms with Gasteiger partial charge in [-0.25, -0.2) is 0 Å². The summed E-state index contributed by atoms with van der Waals surface area (Å²) in [4.78, 5) is 72.3. The van der Waals surface area contributed by atoms with Crippen LogP contribution in [-0.4, -0.2) is 159 Å². The Kier molecular flexibility index (Phi) is 15.5. The fourth-order valence-corrected chi connectivity index (χ4v) is 5.07. The number of carbonyl (C=O) groups is 6. The molecule has 0 aromatic carbocycles. The van der Waals surface area contributed by atoms with Crippen LogP contribution in [0.3, 0.4) is 0 Å². The first kappa shape index (κ1) is 40.6. The van der Waals surface area contributed by atoms with Crippen molar-refractivity contribution in [3.63, 3.8) is 0 Å². The average Bonchev–Trinajstić information content (AvgIpc) is 3.00. The highest BCUT2D eigenvalue weighted by atomic mass is 16.7. The lowest BCUT2D eigenvalue weighted by molar-refractivity contribution is -0.333. The van der Waals surface area contributed by atoms with E-state index in [9.17, 15) is 54.3 Å². The number of amides is 5. The van der Waals surface area contributed by atoms with Gasteiger partial charge in [0.25, 0.3) is 0 Å². The van der Waals surface area contributed by atoms with Crippen LogP contribution in [0.1, 0.15) is 40.5 Å². The van der Waals surface area contributed by atoms with Gasteiger partial charge >= 0.3 is 5.97 Å². The summed E-state index contributed by atoms with van der Waals surface area (Å²) < 4.78 is 23.0. The van der Waals surface area contributed by atoms with E-state index < -0.39 is 135 Å². The van der Waals surface area contributed by atoms with Crippen LogP contribution in [0, 0.1) is 0 Å². The summed E-state index contributed by atoms with van der Waals surface area (Å²) in [5.41, 5.74) is 5.24. The third kappa shape index (κ3) is 11.0. The summed E-state index contributed by atoms with van der Waals surface area (Å²) in [7, 11) is 0. The van der Waals surface area contributed by atoms with Crippen LogP contribution < -0.4 is 27.0 Å². The normalized spacial score (nSPS) is 32.2. The third-order valence-electron chi connectivity index (χ3n) is 7.55. The van der Waals surface area contributed by atoms with Gasteiger partial charge in [-0.3, -0.25) is 28.8 Å². The second-order valence-electron chi connectivity index (χ2n) is 11.4. The van der Waals surface area contributed by atoms with Gasteiger partial charge < -0.3 is 76.6 Å². The van der Waals surface area contributed by atoms with Crippen LogP contribution in [-0.2, 0) is 47.7 Å². The summed E-state index contributed by atoms with van der Waals surface area (Å²) in [6.07, 6.45) is -15.1. The number of aliphatic hydroxyl groups is 5. The minimum absolute atomic E-state index is 0.302. The molecule has 2 aliphatic rings. The molecule has 0 saturated carbocycles. The number of aliphatic carboxylic acids is 1. The summed E-state index contributed by atoms with van der Waals surface area (Å²) in [6, 6.07) is -5.57. The molecule has 0 radical (unpaired) electrons. The predicted octanol–water partition coefficient (Wildman–Crippen LogP) is -6.36. The molecule has 2 heterocycles. The van der Waals surface area contributed by atoms with E-state index >= 15 is 0 Å². The molecule has 2 rings (SSSR count). The van der Waals surface area contributed by atoms with Gasteiger partial charge in [-0.15, -0.1) is 0 Å². The monoisotopic (exact) mass is 695 g/mol. The van der Waals surface area contributed by atoms with E-state index in [0.29, 0.717) is 0 Å². The predicted molar refractivity (Wildman–Crippen MR) is 156 cm³/mol. The van der Waals surface area contributed by atoms with Gasteiger partial charge in [0.05, 0.1) is 13.2 Å². The zero-order chi connectivity index (χ0) is 36.5. The first-order valence-corrected chi connectivity index (χ1v) is 15.0. The Morgan fingerprint density at radius 2 is 1.40 bits per heavy atom. The highest BCUT2D eigenvalue weighted by molar-refractivity contribution is 5.92. The quantitative estimate of drug-likeness (QED) is 0.0715. The first-order valence-electron chi connectivity index (χ1n) is 15.0. The number of hydrogen-bond donors (Lipinski definition) is 11. The summed E-state index contributed by atoms with van der Waals surface area (Å²) in [5, 5.41) is 69.8. The van der Waals surface area contributed by atoms with E-state index in [1.165, 1.54) is 13.8 Å². The third-order valence-corrected chi connectivity index (χ3v) is 7.55. The highest BCUT2D eigenvalue weighted by Crippen LogP contribution is 2.31. The largest absolute Gasteiger partial charge is 0.481 e. The van der Waals surface area contributed by atoms with Crippen LogP contribution in [0.2, 0.25) is 0 Å². The van der Waals surface area contributed by atoms with E-state index in [1.54, 1.807) is 0 Å². The van der Waals surface area contributed by atoms with Crippen LogP contribution >= 0.6 is 0 Å². The molecule has 0 aromatic heterocycles. The van der Waals surface area contributed by atoms with Crippen molar-refractivity contribution in [1.29, 1.82) is 0 Å². The fraction of sp³-hybridized carbons (Fsp3) is 0.778. The van der Waals surface area contributed by atoms with E-state index in [4.69, 9.17) is 29.8 Å². The number of hydrogen-bond acceptors (Lipinski definition) is 15. The van der Waals surface area contributed by atoms with Gasteiger partial charge in [0, 0.05) is 20.3 Å². The minimum Gasteiger partial charge on any atom is -0.481 e. The maximum Gasteiger partial charge on any atom is 0.303 e. The molecule has 0 spiro atoms. The number of nitrogens with one attached hydrogen (secondary N) is 4. The standard InChI is InChI=1S/C27H45N5O16/c1-9(24(42)32-13(23(28)41)5-6-16(37)38)29-25(43)10(2)45-22-18(31-12(4)36)26(44)46-15(8-34)21(22)48-27-17(30-11(3)35)20(40)19(39)14(7-33)47-27/h9-10,13-15,17-22,26-27,33-34,39-40,44H,5-8H2,1-4H3,(H2,28,41)(H,29,43)(H,30,35)(H,31,36)(H,32,42)(H,37,38)/t9-,10+,13+,14+,15+,17+,18+,19+,20+,21+,22+,26-,27-/m0/s1. The Labute approximate surface area is 274 Å². The van der Waals surface area contributed by atoms with E-state index in [0.717, 1.165) is 13.8 Å². The lowest BCUT2D eigenvalue weighted by Gasteiger charge is -2.48. The Balaban J connectivity index is 2.34. The number of carbonyl (C=O) groups excluding carboxylic acids is 5. The second-order valence-corrected chi connectivity index (χ2v) is 11.4. The van der Waals surface area contributed by atoms with E-state index in [1.807, 2.05) is 0 Å². The number of rotatable bonds is 16. The molecule has 5 amide bonds. The molecule has 0 aliphatic carbocycles. The SMILES string of the molecule is CC(=O)N[C@@H]1[C@@H](O[C@H](C)C(=O)N[C@@H](C)C(=O)N[C@H](CCC(=O)O)C(N)=O)[C@H](O[C@@H]2O[C@H](CO)[C@@H](O)[C@H](O)[C@H]2NC(C)=O)[C@@H](CO)O[C@@H]1O. The Morgan fingerprint density at radius 1 is 0.812 bits per heavy atom. The highest BCUT2D eigenvalue weighted by Gasteiger charge is 2.52. The zero-order valence-corrected chi connectivity index (χ0v) is 26.7. The van der Waals surface area contributed by atoms with Gasteiger partial charge in [-0.1, -0.05) is 0 Å². The molecule has 2 saturated heterocycles. The number of carboxylic acids is 1. The minimum atomic E-state index is -1.83. The molecule has 0 unspecified atom stereocenters. The number of primary amides is 1. The fourth-order valence-electron chi connectivity index (χ4n) is 5.07. The summed E-state index contributed by atoms with van der Waals surface area (Å²) in [6.45, 7) is 3.07. The van der Waals surface area contributed by atoms with Crippen LogP contribution in [0.4, 0.5) is 0 Å². The van der Waals surface area contributed by atoms with Crippen LogP contribution in [0.25, 0.3) is 0 Å². The van der Waals surface area contributed by atoms with Gasteiger partial charge in [0.1, 0.15) is 66.9 Å². The summed E-state index contributed by atoms with van der Waals surface area (Å²) >= 11 is 0. The molecule has 48 heavy (non-hydrogen) atoms. The molecule has 2 aliphatic heterocycles. The van der Waals surface area contributed by atoms with Crippen molar-refractivity contribution >= 4 is 35.5 Å². The van der Waals surface area contributed by atoms with Crippen molar-refractivity contribution in [2.24, 2.45) is 5.73 Å². The molecule has 21 nitrogen and oxygen atoms in total. The molecule has 0 bridgehead atoms. The number of nitrogens with two attached hydrogens (primary N) is 1.